The van der Waals surface area contributed by atoms with Crippen molar-refractivity contribution >= 4 is 202 Å². The number of carbonyl (C=O) groups is 8. The van der Waals surface area contributed by atoms with Gasteiger partial charge in [-0.3, -0.25) is 0 Å². The van der Waals surface area contributed by atoms with E-state index in [1.54, 1.807) is 0 Å². The van der Waals surface area contributed by atoms with Gasteiger partial charge >= 0.3 is 254 Å². The van der Waals surface area contributed by atoms with Gasteiger partial charge in [0.2, 0.25) is 0 Å². The molecule has 304 valence electrons. The van der Waals surface area contributed by atoms with Gasteiger partial charge in [0.1, 0.15) is 52.9 Å². The number of rotatable bonds is 0. The fourth-order valence-corrected chi connectivity index (χ4v) is 1.55. The summed E-state index contributed by atoms with van der Waals surface area (Å²) in [5, 5.41) is 0. The quantitative estimate of drug-likeness (QED) is 0.146. The minimum absolute atomic E-state index is 0.382. The number of hydrogen-bond acceptors (Lipinski definition) is 16. The maximum atomic E-state index is 11.3. The molecule has 34 heteroatoms. The molecule has 0 aromatic carbocycles. The van der Waals surface area contributed by atoms with Crippen LogP contribution in [0.4, 0.5) is 0 Å². The number of esters is 8. The van der Waals surface area contributed by atoms with E-state index in [9.17, 15) is 38.4 Å². The molecule has 16 nitrogen and oxygen atoms in total. The van der Waals surface area contributed by atoms with Crippen LogP contribution < -0.4 is 0 Å². The zero-order valence-corrected chi connectivity index (χ0v) is 42.0. The van der Waals surface area contributed by atoms with E-state index in [4.69, 9.17) is 117 Å². The summed E-state index contributed by atoms with van der Waals surface area (Å²) in [7, 11) is 57.6. The first-order valence-electron chi connectivity index (χ1n) is 10.3. The second-order valence-corrected chi connectivity index (χ2v) is 20.8. The van der Waals surface area contributed by atoms with Crippen LogP contribution in [0, 0.1) is 0 Å². The van der Waals surface area contributed by atoms with E-state index in [-0.39, 0.29) is 0 Å². The molecular weight excluding hydrogens is 1350 g/mol. The van der Waals surface area contributed by atoms with Crippen LogP contribution in [0.2, 0.25) is 0 Å². The van der Waals surface area contributed by atoms with Crippen molar-refractivity contribution in [2.45, 2.75) is 0 Å². The summed E-state index contributed by atoms with van der Waals surface area (Å²) in [4.78, 5) is 90.8. The molecule has 0 saturated carbocycles. The van der Waals surface area contributed by atoms with Crippen molar-refractivity contribution in [2.75, 3.05) is 52.9 Å². The zero-order chi connectivity index (χ0) is 40.2. The van der Waals surface area contributed by atoms with Crippen LogP contribution in [0.1, 0.15) is 0 Å². The predicted octanol–water partition coefficient (Wildman–Crippen LogP) is 3.85. The molecule has 50 heavy (non-hydrogen) atoms. The third kappa shape index (κ3) is 57.6. The third-order valence-electron chi connectivity index (χ3n) is 2.87. The first-order valence-corrected chi connectivity index (χ1v) is 36.3. The molecular formula is C16H16Cl12Co4O16Sn2. The van der Waals surface area contributed by atoms with Crippen LogP contribution >= 0.6 is 117 Å². The van der Waals surface area contributed by atoms with Gasteiger partial charge < -0.3 is 37.9 Å². The number of halogens is 12. The van der Waals surface area contributed by atoms with E-state index in [2.05, 4.69) is 37.9 Å². The van der Waals surface area contributed by atoms with E-state index < -0.39 is 138 Å². The molecule has 0 spiro atoms. The molecule has 1 heterocycles. The Morgan fingerprint density at radius 1 is 0.300 bits per heavy atom. The monoisotopic (exact) mass is 1360 g/mol. The van der Waals surface area contributed by atoms with E-state index >= 15 is 0 Å². The van der Waals surface area contributed by atoms with Gasteiger partial charge in [-0.2, -0.15) is 0 Å². The first kappa shape index (κ1) is 64.7. The first-order chi connectivity index (χ1) is 23.7. The van der Waals surface area contributed by atoms with Crippen LogP contribution in [-0.2, 0) is 128 Å². The van der Waals surface area contributed by atoms with E-state index in [0.29, 0.717) is 51.6 Å². The standard InChI is InChI=1S/C16H16O16.12ClH.4Co.2Sn/c17-9-10(18)27-3-4-29-13(21)14(22)31-7-8-32-16(24)15(23)30-6-5-28-12(20)11(19)26-2-1-25-9;;;;;;;;;;;;;;;;;;/h1-8H2;12*1H;;;;;;/q;;;;;;;;;;;;;6*+2/p-12. The normalized spacial score (nSPS) is 15.0. The summed E-state index contributed by atoms with van der Waals surface area (Å²) < 4.78 is 35.3. The minimum atomic E-state index is -1.47. The number of cyclic esters (lactones) is 8. The number of ether oxygens (including phenoxy) is 8. The fraction of sp³-hybridized carbons (Fsp3) is 0.500. The second-order valence-electron chi connectivity index (χ2n) is 5.42. The van der Waals surface area contributed by atoms with Gasteiger partial charge in [0.05, 0.1) is 0 Å². The maximum absolute atomic E-state index is 11.3. The Balaban J connectivity index is -0.000000224. The summed E-state index contributed by atoms with van der Waals surface area (Å²) in [6.45, 7) is -4.94. The third-order valence-corrected chi connectivity index (χ3v) is 2.87. The van der Waals surface area contributed by atoms with Crippen molar-refractivity contribution in [3.8, 4) is 0 Å². The topological polar surface area (TPSA) is 210 Å². The van der Waals surface area contributed by atoms with Crippen LogP contribution in [0.3, 0.4) is 0 Å². The van der Waals surface area contributed by atoms with Crippen LogP contribution in [0.15, 0.2) is 0 Å². The molecule has 1 fully saturated rings. The number of hydrogen-bond donors (Lipinski definition) is 0. The van der Waals surface area contributed by atoms with Crippen molar-refractivity contribution in [1.82, 2.24) is 0 Å². The van der Waals surface area contributed by atoms with Gasteiger partial charge in [-0.25, -0.2) is 38.4 Å². The Hall–Kier alpha value is 2.86. The van der Waals surface area contributed by atoms with Gasteiger partial charge in [-0.15, -0.1) is 0 Å². The van der Waals surface area contributed by atoms with Crippen molar-refractivity contribution < 1.29 is 128 Å². The molecule has 0 N–H and O–H groups in total. The van der Waals surface area contributed by atoms with E-state index in [1.165, 1.54) is 0 Å². The number of carbonyl (C=O) groups excluding carboxylic acids is 8. The molecule has 0 aliphatic carbocycles. The molecule has 0 aromatic heterocycles. The Bertz CT molecular complexity index is 720. The van der Waals surface area contributed by atoms with Gasteiger partial charge in [-0.1, -0.05) is 0 Å². The summed E-state index contributed by atoms with van der Waals surface area (Å²) in [6.07, 6.45) is 0. The Kier molecular flexibility index (Phi) is 72.8. The summed E-state index contributed by atoms with van der Waals surface area (Å²) in [6, 6.07) is 0. The van der Waals surface area contributed by atoms with E-state index in [1.807, 2.05) is 0 Å². The van der Waals surface area contributed by atoms with E-state index in [0.717, 1.165) is 0 Å². The Morgan fingerprint density at radius 2 is 0.360 bits per heavy atom. The van der Waals surface area contributed by atoms with Crippen molar-refractivity contribution in [1.29, 1.82) is 0 Å². The second kappa shape index (κ2) is 56.2. The van der Waals surface area contributed by atoms with Gasteiger partial charge in [0.15, 0.2) is 0 Å². The fourth-order valence-electron chi connectivity index (χ4n) is 1.55. The molecule has 1 rings (SSSR count). The van der Waals surface area contributed by atoms with Gasteiger partial charge in [0, 0.05) is 0 Å². The van der Waals surface area contributed by atoms with Crippen LogP contribution in [0.25, 0.3) is 0 Å². The summed E-state index contributed by atoms with van der Waals surface area (Å²) in [5.41, 5.74) is 0. The van der Waals surface area contributed by atoms with Crippen LogP contribution in [-0.4, -0.2) is 138 Å². The molecule has 4 radical (unpaired) electrons. The van der Waals surface area contributed by atoms with Crippen LogP contribution in [0.5, 0.6) is 0 Å². The SMILES string of the molecule is O=C1OCCOC(=O)C(=O)OCCOC(=O)C(=O)OCCOC(=O)C(=O)OCCOC1=O.[Cl][Co][Cl].[Cl][Co][Cl].[Cl][Co][Cl].[Cl][Co][Cl].[Cl][Sn][Cl].[Cl][Sn][Cl]. The predicted molar refractivity (Wildman–Crippen MR) is 169 cm³/mol. The van der Waals surface area contributed by atoms with Gasteiger partial charge in [0.25, 0.3) is 0 Å². The molecule has 0 bridgehead atoms. The molecule has 1 saturated heterocycles. The molecule has 0 amide bonds. The zero-order valence-electron chi connectivity index (χ0n) is 23.1. The van der Waals surface area contributed by atoms with Crippen molar-refractivity contribution in [3.63, 3.8) is 0 Å². The Labute approximate surface area is 377 Å². The molecule has 0 aromatic rings. The van der Waals surface area contributed by atoms with Crippen molar-refractivity contribution in [2.24, 2.45) is 0 Å². The summed E-state index contributed by atoms with van der Waals surface area (Å²) >= 11 is -0.123. The van der Waals surface area contributed by atoms with Gasteiger partial charge in [-0.05, 0) is 0 Å². The average Bonchev–Trinajstić information content (AvgIpc) is 3.06. The summed E-state index contributed by atoms with van der Waals surface area (Å²) in [5.74, 6) is -11.8. The average molecular weight is 1360 g/mol. The Morgan fingerprint density at radius 3 is 0.420 bits per heavy atom. The molecule has 0 unspecified atom stereocenters. The molecule has 1 aliphatic rings. The van der Waals surface area contributed by atoms with Crippen molar-refractivity contribution in [3.05, 3.63) is 0 Å². The molecule has 1 aliphatic heterocycles. The molecule has 0 atom stereocenters.